The number of amides is 1. The molecule has 1 fully saturated rings. The van der Waals surface area contributed by atoms with Crippen LogP contribution in [0.5, 0.6) is 0 Å². The zero-order valence-electron chi connectivity index (χ0n) is 16.4. The zero-order chi connectivity index (χ0) is 19.8. The minimum atomic E-state index is 0.0645. The van der Waals surface area contributed by atoms with Gasteiger partial charge in [0.05, 0.1) is 0 Å². The molecule has 1 amide bonds. The fourth-order valence-corrected chi connectivity index (χ4v) is 3.10. The molecule has 6 heteroatoms. The van der Waals surface area contributed by atoms with E-state index < -0.39 is 0 Å². The lowest BCUT2D eigenvalue weighted by atomic mass is 9.96. The molecule has 0 aromatic heterocycles. The maximum atomic E-state index is 11.7. The third-order valence-corrected chi connectivity index (χ3v) is 4.69. The van der Waals surface area contributed by atoms with E-state index in [-0.39, 0.29) is 5.91 Å². The molecule has 6 nitrogen and oxygen atoms in total. The molecule has 1 aromatic carbocycles. The van der Waals surface area contributed by atoms with Crippen molar-refractivity contribution < 1.29 is 4.79 Å². The van der Waals surface area contributed by atoms with Crippen LogP contribution in [-0.2, 0) is 11.2 Å². The van der Waals surface area contributed by atoms with Gasteiger partial charge in [0.1, 0.15) is 0 Å². The normalized spacial score (nSPS) is 19.0. The van der Waals surface area contributed by atoms with Crippen LogP contribution in [-0.4, -0.2) is 49.4 Å². The van der Waals surface area contributed by atoms with Crippen molar-refractivity contribution in [1.82, 2.24) is 4.90 Å². The zero-order valence-corrected chi connectivity index (χ0v) is 16.4. The minimum Gasteiger partial charge on any atom is -0.404 e. The van der Waals surface area contributed by atoms with Crippen LogP contribution in [0.1, 0.15) is 31.4 Å². The molecule has 0 radical (unpaired) electrons. The standard InChI is InChI=1S/C21H29N5O/c1-4-25-13-18(12-22)17-7-5-16(6-8-17)11-20(23)19-14-26(15(2)27)10-9-21(19)24-3/h5-8,12-13H,4,9-11,14,22-23H2,1-3H3. The van der Waals surface area contributed by atoms with Gasteiger partial charge in [-0.15, -0.1) is 0 Å². The Morgan fingerprint density at radius 1 is 1.30 bits per heavy atom. The van der Waals surface area contributed by atoms with Gasteiger partial charge in [-0.2, -0.15) is 0 Å². The van der Waals surface area contributed by atoms with Crippen LogP contribution in [0.25, 0.3) is 5.57 Å². The Kier molecular flexibility index (Phi) is 7.34. The number of allylic oxidation sites excluding steroid dienone is 2. The van der Waals surface area contributed by atoms with Crippen molar-refractivity contribution in [2.45, 2.75) is 26.7 Å². The van der Waals surface area contributed by atoms with Crippen LogP contribution in [0.2, 0.25) is 0 Å². The maximum absolute atomic E-state index is 11.7. The van der Waals surface area contributed by atoms with Crippen molar-refractivity contribution >= 4 is 23.4 Å². The number of aliphatic imine (C=N–C) groups is 2. The average Bonchev–Trinajstić information content (AvgIpc) is 2.69. The molecule has 2 rings (SSSR count). The first kappa shape index (κ1) is 20.4. The summed E-state index contributed by atoms with van der Waals surface area (Å²) in [5.74, 6) is 0.0645. The molecule has 27 heavy (non-hydrogen) atoms. The second-order valence-corrected chi connectivity index (χ2v) is 6.49. The van der Waals surface area contributed by atoms with Gasteiger partial charge >= 0.3 is 0 Å². The number of nitrogens with zero attached hydrogens (tertiary/aromatic N) is 3. The third-order valence-electron chi connectivity index (χ3n) is 4.69. The molecular weight excluding hydrogens is 338 g/mol. The highest BCUT2D eigenvalue weighted by atomic mass is 16.2. The monoisotopic (exact) mass is 367 g/mol. The average molecular weight is 367 g/mol. The smallest absolute Gasteiger partial charge is 0.219 e. The number of hydrogen-bond donors (Lipinski definition) is 2. The number of benzene rings is 1. The van der Waals surface area contributed by atoms with E-state index in [1.165, 1.54) is 0 Å². The Morgan fingerprint density at radius 3 is 2.56 bits per heavy atom. The van der Waals surface area contributed by atoms with Crippen molar-refractivity contribution in [3.63, 3.8) is 0 Å². The third kappa shape index (κ3) is 5.29. The van der Waals surface area contributed by atoms with Crippen LogP contribution in [0.3, 0.4) is 0 Å². The predicted octanol–water partition coefficient (Wildman–Crippen LogP) is 2.16. The fraction of sp³-hybridized carbons (Fsp3) is 0.381. The molecule has 4 N–H and O–H groups in total. The Hall–Kier alpha value is -2.89. The van der Waals surface area contributed by atoms with Gasteiger partial charge in [-0.25, -0.2) is 0 Å². The molecule has 1 heterocycles. The van der Waals surface area contributed by atoms with Gasteiger partial charge in [0.25, 0.3) is 0 Å². The molecular formula is C21H29N5O. The van der Waals surface area contributed by atoms with E-state index in [0.29, 0.717) is 19.5 Å². The van der Waals surface area contributed by atoms with E-state index in [4.69, 9.17) is 11.5 Å². The lowest BCUT2D eigenvalue weighted by molar-refractivity contribution is -0.128. The summed E-state index contributed by atoms with van der Waals surface area (Å²) in [6.45, 7) is 5.51. The van der Waals surface area contributed by atoms with Gasteiger partial charge in [-0.05, 0) is 18.1 Å². The number of likely N-dealkylation sites (tertiary alicyclic amines) is 1. The van der Waals surface area contributed by atoms with Gasteiger partial charge in [0.2, 0.25) is 5.91 Å². The number of carbonyl (C=O) groups is 1. The van der Waals surface area contributed by atoms with Gasteiger partial charge in [-0.1, -0.05) is 24.3 Å². The predicted molar refractivity (Wildman–Crippen MR) is 113 cm³/mol. The minimum absolute atomic E-state index is 0.0645. The summed E-state index contributed by atoms with van der Waals surface area (Å²) in [5.41, 5.74) is 17.8. The van der Waals surface area contributed by atoms with Crippen molar-refractivity contribution in [3.8, 4) is 0 Å². The molecule has 1 aromatic rings. The molecule has 0 atom stereocenters. The Bertz CT molecular complexity index is 787. The van der Waals surface area contributed by atoms with E-state index in [1.54, 1.807) is 26.4 Å². The van der Waals surface area contributed by atoms with Crippen molar-refractivity contribution in [2.75, 3.05) is 26.7 Å². The summed E-state index contributed by atoms with van der Waals surface area (Å²) < 4.78 is 0. The first-order chi connectivity index (χ1) is 13.0. The lowest BCUT2D eigenvalue weighted by Crippen LogP contribution is -2.40. The molecule has 144 valence electrons. The highest BCUT2D eigenvalue weighted by Crippen LogP contribution is 2.19. The molecule has 1 saturated heterocycles. The van der Waals surface area contributed by atoms with Crippen molar-refractivity contribution in [2.24, 2.45) is 21.5 Å². The number of rotatable bonds is 5. The highest BCUT2D eigenvalue weighted by molar-refractivity contribution is 6.09. The summed E-state index contributed by atoms with van der Waals surface area (Å²) in [7, 11) is 1.78. The summed E-state index contributed by atoms with van der Waals surface area (Å²) in [5, 5.41) is 0. The first-order valence-corrected chi connectivity index (χ1v) is 9.20. The largest absolute Gasteiger partial charge is 0.404 e. The number of nitrogens with two attached hydrogens (primary N) is 2. The fourth-order valence-electron chi connectivity index (χ4n) is 3.10. The van der Waals surface area contributed by atoms with E-state index in [1.807, 2.05) is 36.1 Å². The van der Waals surface area contributed by atoms with Gasteiger partial charge < -0.3 is 16.4 Å². The van der Waals surface area contributed by atoms with Crippen LogP contribution in [0, 0.1) is 0 Å². The Morgan fingerprint density at radius 2 is 2.00 bits per heavy atom. The lowest BCUT2D eigenvalue weighted by Gasteiger charge is -2.30. The quantitative estimate of drug-likeness (QED) is 0.780. The summed E-state index contributed by atoms with van der Waals surface area (Å²) in [4.78, 5) is 22.1. The van der Waals surface area contributed by atoms with Crippen molar-refractivity contribution in [1.29, 1.82) is 0 Å². The SMILES string of the molecule is CCN=CC(=CN)c1ccc(CC(N)=C2CN(C(C)=O)CCC2=NC)cc1. The van der Waals surface area contributed by atoms with Gasteiger partial charge in [0, 0.05) is 81.4 Å². The molecule has 0 bridgehead atoms. The van der Waals surface area contributed by atoms with Gasteiger partial charge in [-0.3, -0.25) is 14.8 Å². The van der Waals surface area contributed by atoms with E-state index in [0.717, 1.165) is 46.6 Å². The maximum Gasteiger partial charge on any atom is 0.219 e. The Labute approximate surface area is 161 Å². The second kappa shape index (κ2) is 9.71. The molecule has 1 aliphatic rings. The molecule has 0 unspecified atom stereocenters. The first-order valence-electron chi connectivity index (χ1n) is 9.20. The van der Waals surface area contributed by atoms with E-state index in [2.05, 4.69) is 9.98 Å². The van der Waals surface area contributed by atoms with E-state index in [9.17, 15) is 4.79 Å². The highest BCUT2D eigenvalue weighted by Gasteiger charge is 2.23. The molecule has 0 spiro atoms. The summed E-state index contributed by atoms with van der Waals surface area (Å²) in [6, 6.07) is 8.12. The van der Waals surface area contributed by atoms with E-state index >= 15 is 0 Å². The van der Waals surface area contributed by atoms with Crippen molar-refractivity contribution in [3.05, 3.63) is 52.9 Å². The molecule has 0 aliphatic carbocycles. The second-order valence-electron chi connectivity index (χ2n) is 6.49. The summed E-state index contributed by atoms with van der Waals surface area (Å²) in [6.07, 6.45) is 4.71. The van der Waals surface area contributed by atoms with Gasteiger partial charge in [0.15, 0.2) is 0 Å². The van der Waals surface area contributed by atoms with Crippen LogP contribution in [0.4, 0.5) is 0 Å². The molecule has 1 aliphatic heterocycles. The van der Waals surface area contributed by atoms with Crippen LogP contribution >= 0.6 is 0 Å². The number of hydrogen-bond acceptors (Lipinski definition) is 5. The van der Waals surface area contributed by atoms with Crippen LogP contribution < -0.4 is 11.5 Å². The number of carbonyl (C=O) groups excluding carboxylic acids is 1. The van der Waals surface area contributed by atoms with Crippen LogP contribution in [0.15, 0.2) is 51.7 Å². The number of piperidine rings is 1. The topological polar surface area (TPSA) is 97.1 Å². The summed E-state index contributed by atoms with van der Waals surface area (Å²) >= 11 is 0. The Balaban J connectivity index is 2.20. The molecule has 0 saturated carbocycles.